The topological polar surface area (TPSA) is 61.4 Å². The molecule has 0 unspecified atom stereocenters. The molecule has 0 spiro atoms. The van der Waals surface area contributed by atoms with Crippen LogP contribution in [-0.4, -0.2) is 30.2 Å². The van der Waals surface area contributed by atoms with Gasteiger partial charge in [-0.15, -0.1) is 0 Å². The van der Waals surface area contributed by atoms with E-state index in [1.807, 2.05) is 0 Å². The predicted molar refractivity (Wildman–Crippen MR) is 75.9 cm³/mol. The zero-order valence-corrected chi connectivity index (χ0v) is 11.4. The molecule has 2 atom stereocenters. The molecule has 5 heteroatoms. The van der Waals surface area contributed by atoms with Crippen molar-refractivity contribution in [2.45, 2.75) is 31.7 Å². The third-order valence-corrected chi connectivity index (χ3v) is 3.70. The molecule has 0 aliphatic heterocycles. The summed E-state index contributed by atoms with van der Waals surface area (Å²) in [6.45, 7) is 0.367. The minimum absolute atomic E-state index is 0.0714. The van der Waals surface area contributed by atoms with E-state index < -0.39 is 0 Å². The molecular formula is C15H21FN2O2. The van der Waals surface area contributed by atoms with Gasteiger partial charge in [-0.1, -0.05) is 6.42 Å². The molecule has 1 saturated carbocycles. The van der Waals surface area contributed by atoms with Crippen LogP contribution in [0.1, 0.15) is 25.7 Å². The van der Waals surface area contributed by atoms with E-state index in [1.165, 1.54) is 12.1 Å². The van der Waals surface area contributed by atoms with Crippen LogP contribution in [0.5, 0.6) is 0 Å². The highest BCUT2D eigenvalue weighted by atomic mass is 19.1. The number of hydrogen-bond acceptors (Lipinski definition) is 3. The normalized spacial score (nSPS) is 22.3. The van der Waals surface area contributed by atoms with Crippen molar-refractivity contribution in [3.63, 3.8) is 0 Å². The number of amides is 1. The van der Waals surface area contributed by atoms with Gasteiger partial charge >= 0.3 is 0 Å². The first-order valence-electron chi connectivity index (χ1n) is 7.07. The van der Waals surface area contributed by atoms with E-state index in [0.717, 1.165) is 31.4 Å². The first kappa shape index (κ1) is 14.8. The first-order valence-corrected chi connectivity index (χ1v) is 7.07. The highest BCUT2D eigenvalue weighted by molar-refractivity contribution is 5.80. The van der Waals surface area contributed by atoms with Gasteiger partial charge in [0.2, 0.25) is 5.91 Å². The second-order valence-corrected chi connectivity index (χ2v) is 5.34. The van der Waals surface area contributed by atoms with Gasteiger partial charge in [0.25, 0.3) is 0 Å². The summed E-state index contributed by atoms with van der Waals surface area (Å²) in [5.74, 6) is -0.0609. The Kier molecular flexibility index (Phi) is 5.35. The van der Waals surface area contributed by atoms with Crippen LogP contribution in [0.15, 0.2) is 24.3 Å². The summed E-state index contributed by atoms with van der Waals surface area (Å²) in [4.78, 5) is 11.8. The molecule has 0 bridgehead atoms. The minimum Gasteiger partial charge on any atom is -0.396 e. The third-order valence-electron chi connectivity index (χ3n) is 3.70. The molecule has 2 rings (SSSR count). The first-order chi connectivity index (χ1) is 9.67. The Balaban J connectivity index is 1.73. The quantitative estimate of drug-likeness (QED) is 0.772. The second-order valence-electron chi connectivity index (χ2n) is 5.34. The minimum atomic E-state index is -0.294. The highest BCUT2D eigenvalue weighted by Gasteiger charge is 2.22. The Morgan fingerprint density at radius 1 is 1.30 bits per heavy atom. The summed E-state index contributed by atoms with van der Waals surface area (Å²) in [6.07, 6.45) is 3.90. The van der Waals surface area contributed by atoms with Crippen LogP contribution in [0, 0.1) is 11.7 Å². The Hall–Kier alpha value is -1.62. The number of carbonyl (C=O) groups excluding carboxylic acids is 1. The van der Waals surface area contributed by atoms with E-state index in [-0.39, 0.29) is 30.9 Å². The highest BCUT2D eigenvalue weighted by Crippen LogP contribution is 2.23. The molecule has 3 N–H and O–H groups in total. The van der Waals surface area contributed by atoms with E-state index in [0.29, 0.717) is 5.92 Å². The fraction of sp³-hybridized carbons (Fsp3) is 0.533. The molecule has 1 fully saturated rings. The molecule has 4 nitrogen and oxygen atoms in total. The molecule has 20 heavy (non-hydrogen) atoms. The molecule has 1 aliphatic rings. The maximum Gasteiger partial charge on any atom is 0.239 e. The average Bonchev–Trinajstić information content (AvgIpc) is 2.47. The largest absolute Gasteiger partial charge is 0.396 e. The number of nitrogens with one attached hydrogen (secondary N) is 2. The second kappa shape index (κ2) is 7.24. The van der Waals surface area contributed by atoms with Crippen molar-refractivity contribution in [2.24, 2.45) is 5.92 Å². The van der Waals surface area contributed by atoms with Crippen molar-refractivity contribution >= 4 is 11.6 Å². The lowest BCUT2D eigenvalue weighted by Crippen LogP contribution is -2.41. The van der Waals surface area contributed by atoms with Crippen molar-refractivity contribution in [1.29, 1.82) is 0 Å². The lowest BCUT2D eigenvalue weighted by Gasteiger charge is -2.28. The molecule has 0 saturated heterocycles. The van der Waals surface area contributed by atoms with Crippen LogP contribution in [0.4, 0.5) is 10.1 Å². The fourth-order valence-corrected chi connectivity index (χ4v) is 2.62. The zero-order chi connectivity index (χ0) is 14.4. The molecule has 1 aromatic carbocycles. The summed E-state index contributed by atoms with van der Waals surface area (Å²) in [5.41, 5.74) is 0.721. The maximum absolute atomic E-state index is 12.7. The molecule has 110 valence electrons. The van der Waals surface area contributed by atoms with Gasteiger partial charge in [-0.2, -0.15) is 0 Å². The molecule has 0 heterocycles. The number of aliphatic hydroxyl groups excluding tert-OH is 1. The van der Waals surface area contributed by atoms with Crippen LogP contribution in [0.3, 0.4) is 0 Å². The Bertz CT molecular complexity index is 436. The van der Waals surface area contributed by atoms with Crippen LogP contribution < -0.4 is 10.6 Å². The lowest BCUT2D eigenvalue weighted by molar-refractivity contribution is -0.120. The average molecular weight is 280 g/mol. The van der Waals surface area contributed by atoms with E-state index in [4.69, 9.17) is 5.11 Å². The Morgan fingerprint density at radius 2 is 2.05 bits per heavy atom. The van der Waals surface area contributed by atoms with E-state index in [9.17, 15) is 9.18 Å². The number of carbonyl (C=O) groups is 1. The van der Waals surface area contributed by atoms with Crippen molar-refractivity contribution in [1.82, 2.24) is 5.32 Å². The van der Waals surface area contributed by atoms with Gasteiger partial charge in [-0.05, 0) is 49.4 Å². The van der Waals surface area contributed by atoms with E-state index in [2.05, 4.69) is 10.6 Å². The summed E-state index contributed by atoms with van der Waals surface area (Å²) in [6, 6.07) is 6.07. The van der Waals surface area contributed by atoms with E-state index in [1.54, 1.807) is 12.1 Å². The number of anilines is 1. The number of hydrogen-bond donors (Lipinski definition) is 3. The number of halogens is 1. The molecule has 1 aromatic rings. The Morgan fingerprint density at radius 3 is 2.75 bits per heavy atom. The summed E-state index contributed by atoms with van der Waals surface area (Å²) in [5, 5.41) is 15.1. The van der Waals surface area contributed by atoms with Gasteiger partial charge in [-0.3, -0.25) is 4.79 Å². The lowest BCUT2D eigenvalue weighted by atomic mass is 9.86. The molecule has 1 amide bonds. The summed E-state index contributed by atoms with van der Waals surface area (Å²) in [7, 11) is 0. The van der Waals surface area contributed by atoms with Gasteiger partial charge in [0.05, 0.1) is 6.54 Å². The van der Waals surface area contributed by atoms with Crippen LogP contribution in [-0.2, 0) is 4.79 Å². The molecule has 1 aliphatic carbocycles. The van der Waals surface area contributed by atoms with Gasteiger partial charge in [0.1, 0.15) is 5.82 Å². The molecule has 0 radical (unpaired) electrons. The van der Waals surface area contributed by atoms with Crippen molar-refractivity contribution in [2.75, 3.05) is 18.5 Å². The van der Waals surface area contributed by atoms with Gasteiger partial charge in [0, 0.05) is 18.3 Å². The number of aliphatic hydroxyl groups is 1. The standard InChI is InChI=1S/C15H21FN2O2/c16-12-4-6-13(7-5-12)17-9-15(20)18-14-3-1-2-11(8-14)10-19/h4-7,11,14,17,19H,1-3,8-10H2,(H,18,20)/t11-,14-/m1/s1. The monoisotopic (exact) mass is 280 g/mol. The maximum atomic E-state index is 12.7. The predicted octanol–water partition coefficient (Wildman–Crippen LogP) is 1.90. The Labute approximate surface area is 118 Å². The smallest absolute Gasteiger partial charge is 0.239 e. The van der Waals surface area contributed by atoms with Crippen molar-refractivity contribution < 1.29 is 14.3 Å². The van der Waals surface area contributed by atoms with Crippen LogP contribution in [0.25, 0.3) is 0 Å². The third kappa shape index (κ3) is 4.49. The summed E-state index contributed by atoms with van der Waals surface area (Å²) < 4.78 is 12.7. The van der Waals surface area contributed by atoms with Gasteiger partial charge < -0.3 is 15.7 Å². The van der Waals surface area contributed by atoms with Crippen molar-refractivity contribution in [3.8, 4) is 0 Å². The van der Waals surface area contributed by atoms with E-state index >= 15 is 0 Å². The molecule has 0 aromatic heterocycles. The number of rotatable bonds is 5. The zero-order valence-electron chi connectivity index (χ0n) is 11.4. The van der Waals surface area contributed by atoms with Crippen LogP contribution in [0.2, 0.25) is 0 Å². The van der Waals surface area contributed by atoms with Crippen LogP contribution >= 0.6 is 0 Å². The summed E-state index contributed by atoms with van der Waals surface area (Å²) >= 11 is 0. The van der Waals surface area contributed by atoms with Gasteiger partial charge in [-0.25, -0.2) is 4.39 Å². The van der Waals surface area contributed by atoms with Crippen molar-refractivity contribution in [3.05, 3.63) is 30.1 Å². The SMILES string of the molecule is O=C(CNc1ccc(F)cc1)N[C@@H]1CCC[C@@H](CO)C1. The molecular weight excluding hydrogens is 259 g/mol. The fourth-order valence-electron chi connectivity index (χ4n) is 2.62. The number of benzene rings is 1. The van der Waals surface area contributed by atoms with Gasteiger partial charge in [0.15, 0.2) is 0 Å².